The number of hydrogen-bond donors (Lipinski definition) is 1. The summed E-state index contributed by atoms with van der Waals surface area (Å²) in [4.78, 5) is 12.3. The van der Waals surface area contributed by atoms with E-state index in [0.717, 1.165) is 0 Å². The summed E-state index contributed by atoms with van der Waals surface area (Å²) in [5, 5.41) is 20.3. The fraction of sp³-hybridized carbons (Fsp3) is 0.538. The molecule has 0 heterocycles. The molecule has 1 rings (SSSR count). The Labute approximate surface area is 112 Å². The van der Waals surface area contributed by atoms with E-state index in [1.54, 1.807) is 18.0 Å². The minimum absolute atomic E-state index is 0.0264. The zero-order chi connectivity index (χ0) is 14.6. The fourth-order valence-electron chi connectivity index (χ4n) is 1.57. The van der Waals surface area contributed by atoms with E-state index in [1.165, 1.54) is 12.1 Å². The first-order chi connectivity index (χ1) is 8.81. The van der Waals surface area contributed by atoms with E-state index in [-0.39, 0.29) is 12.3 Å². The molecule has 0 aromatic heterocycles. The van der Waals surface area contributed by atoms with Gasteiger partial charge in [0.1, 0.15) is 5.75 Å². The van der Waals surface area contributed by atoms with E-state index in [4.69, 9.17) is 4.74 Å². The topological polar surface area (TPSA) is 75.8 Å². The normalized spacial score (nSPS) is 11.2. The van der Waals surface area contributed by atoms with Gasteiger partial charge in [0.15, 0.2) is 0 Å². The van der Waals surface area contributed by atoms with Crippen LogP contribution in [0.15, 0.2) is 18.2 Å². The number of anilines is 1. The second-order valence-electron chi connectivity index (χ2n) is 4.90. The first kappa shape index (κ1) is 15.2. The lowest BCUT2D eigenvalue weighted by Crippen LogP contribution is -2.44. The minimum Gasteiger partial charge on any atom is -0.494 e. The van der Waals surface area contributed by atoms with Gasteiger partial charge in [-0.05, 0) is 20.8 Å². The van der Waals surface area contributed by atoms with Crippen molar-refractivity contribution in [3.8, 4) is 5.75 Å². The predicted octanol–water partition coefficient (Wildman–Crippen LogP) is 2.20. The third-order valence-electron chi connectivity index (χ3n) is 3.08. The van der Waals surface area contributed by atoms with Gasteiger partial charge in [-0.25, -0.2) is 0 Å². The molecule has 0 aliphatic heterocycles. The number of hydrogen-bond acceptors (Lipinski definition) is 5. The van der Waals surface area contributed by atoms with Gasteiger partial charge in [-0.3, -0.25) is 10.1 Å². The van der Waals surface area contributed by atoms with Gasteiger partial charge in [0.2, 0.25) is 0 Å². The molecule has 1 aromatic carbocycles. The van der Waals surface area contributed by atoms with E-state index in [9.17, 15) is 15.2 Å². The van der Waals surface area contributed by atoms with Crippen LogP contribution in [0.1, 0.15) is 20.8 Å². The molecule has 19 heavy (non-hydrogen) atoms. The highest BCUT2D eigenvalue weighted by molar-refractivity contribution is 5.59. The molecular weight excluding hydrogens is 248 g/mol. The van der Waals surface area contributed by atoms with Gasteiger partial charge in [-0.1, -0.05) is 0 Å². The lowest BCUT2D eigenvalue weighted by atomic mass is 10.0. The van der Waals surface area contributed by atoms with Gasteiger partial charge in [-0.15, -0.1) is 0 Å². The van der Waals surface area contributed by atoms with Crippen molar-refractivity contribution in [2.45, 2.75) is 26.3 Å². The maximum absolute atomic E-state index is 10.9. The Morgan fingerprint density at radius 1 is 1.42 bits per heavy atom. The van der Waals surface area contributed by atoms with Crippen LogP contribution < -0.4 is 9.64 Å². The molecule has 0 radical (unpaired) electrons. The molecular formula is C13H20N2O4. The summed E-state index contributed by atoms with van der Waals surface area (Å²) in [6.07, 6.45) is 0. The number of non-ortho nitro benzene ring substituents is 1. The number of aliphatic hydroxyl groups is 1. The highest BCUT2D eigenvalue weighted by atomic mass is 16.6. The Bertz CT molecular complexity index is 460. The number of nitrogens with zero attached hydrogens (tertiary/aromatic N) is 2. The maximum Gasteiger partial charge on any atom is 0.275 e. The fourth-order valence-corrected chi connectivity index (χ4v) is 1.57. The van der Waals surface area contributed by atoms with Crippen LogP contribution in [0.2, 0.25) is 0 Å². The van der Waals surface area contributed by atoms with Crippen LogP contribution in [0.5, 0.6) is 5.75 Å². The molecule has 0 saturated heterocycles. The third-order valence-corrected chi connectivity index (χ3v) is 3.08. The summed E-state index contributed by atoms with van der Waals surface area (Å²) < 4.78 is 5.34. The Balaban J connectivity index is 3.22. The Morgan fingerprint density at radius 3 is 2.53 bits per heavy atom. The second-order valence-corrected chi connectivity index (χ2v) is 4.90. The summed E-state index contributed by atoms with van der Waals surface area (Å²) in [5.41, 5.74) is 0.0943. The van der Waals surface area contributed by atoms with Crippen molar-refractivity contribution in [3.05, 3.63) is 28.3 Å². The molecule has 0 unspecified atom stereocenters. The van der Waals surface area contributed by atoms with Crippen molar-refractivity contribution < 1.29 is 14.8 Å². The molecule has 1 aromatic rings. The second kappa shape index (κ2) is 5.88. The average Bonchev–Trinajstić information content (AvgIpc) is 2.37. The summed E-state index contributed by atoms with van der Waals surface area (Å²) in [6, 6.07) is 4.60. The zero-order valence-electron chi connectivity index (χ0n) is 11.7. The highest BCUT2D eigenvalue weighted by Gasteiger charge is 2.24. The van der Waals surface area contributed by atoms with E-state index in [1.807, 2.05) is 20.8 Å². The molecule has 0 aliphatic carbocycles. The number of aliphatic hydroxyl groups excluding tert-OH is 1. The first-order valence-corrected chi connectivity index (χ1v) is 6.08. The van der Waals surface area contributed by atoms with Crippen LogP contribution >= 0.6 is 0 Å². The Morgan fingerprint density at radius 2 is 2.05 bits per heavy atom. The molecule has 106 valence electrons. The van der Waals surface area contributed by atoms with Crippen LogP contribution in [0, 0.1) is 10.1 Å². The lowest BCUT2D eigenvalue weighted by molar-refractivity contribution is -0.384. The average molecular weight is 268 g/mol. The number of nitro groups is 1. The standard InChI is InChI=1S/C13H20N2O4/c1-5-19-12-7-10(6-11(8-12)15(17)18)14(4)13(2,3)9-16/h6-8,16H,5,9H2,1-4H3. The number of likely N-dealkylation sites (N-methyl/N-ethyl adjacent to an activating group) is 1. The quantitative estimate of drug-likeness (QED) is 0.632. The summed E-state index contributed by atoms with van der Waals surface area (Å²) in [7, 11) is 1.78. The Hall–Kier alpha value is -1.82. The monoisotopic (exact) mass is 268 g/mol. The predicted molar refractivity (Wildman–Crippen MR) is 73.8 cm³/mol. The van der Waals surface area contributed by atoms with Gasteiger partial charge in [-0.2, -0.15) is 0 Å². The first-order valence-electron chi connectivity index (χ1n) is 6.08. The number of ether oxygens (including phenoxy) is 1. The van der Waals surface area contributed by atoms with Gasteiger partial charge in [0.05, 0.1) is 29.7 Å². The van der Waals surface area contributed by atoms with E-state index < -0.39 is 10.5 Å². The molecule has 0 bridgehead atoms. The lowest BCUT2D eigenvalue weighted by Gasteiger charge is -2.35. The smallest absolute Gasteiger partial charge is 0.275 e. The van der Waals surface area contributed by atoms with E-state index in [0.29, 0.717) is 18.0 Å². The Kier molecular flexibility index (Phi) is 4.72. The van der Waals surface area contributed by atoms with Crippen molar-refractivity contribution >= 4 is 11.4 Å². The van der Waals surface area contributed by atoms with Crippen LogP contribution in [0.4, 0.5) is 11.4 Å². The zero-order valence-corrected chi connectivity index (χ0v) is 11.7. The molecule has 0 aliphatic rings. The number of rotatable bonds is 6. The van der Waals surface area contributed by atoms with E-state index in [2.05, 4.69) is 0 Å². The van der Waals surface area contributed by atoms with Crippen molar-refractivity contribution in [2.75, 3.05) is 25.2 Å². The molecule has 0 spiro atoms. The third kappa shape index (κ3) is 3.57. The summed E-state index contributed by atoms with van der Waals surface area (Å²) in [5.74, 6) is 0.451. The summed E-state index contributed by atoms with van der Waals surface area (Å²) >= 11 is 0. The van der Waals surface area contributed by atoms with Crippen molar-refractivity contribution in [2.24, 2.45) is 0 Å². The van der Waals surface area contributed by atoms with Gasteiger partial charge < -0.3 is 14.7 Å². The number of benzene rings is 1. The molecule has 6 nitrogen and oxygen atoms in total. The summed E-state index contributed by atoms with van der Waals surface area (Å²) in [6.45, 7) is 5.90. The maximum atomic E-state index is 10.9. The van der Waals surface area contributed by atoms with Crippen LogP contribution in [-0.2, 0) is 0 Å². The molecule has 0 amide bonds. The van der Waals surface area contributed by atoms with Crippen molar-refractivity contribution in [1.29, 1.82) is 0 Å². The van der Waals surface area contributed by atoms with Crippen molar-refractivity contribution in [1.82, 2.24) is 0 Å². The van der Waals surface area contributed by atoms with Gasteiger partial charge >= 0.3 is 0 Å². The molecule has 0 saturated carbocycles. The minimum atomic E-state index is -0.515. The largest absolute Gasteiger partial charge is 0.494 e. The van der Waals surface area contributed by atoms with Gasteiger partial charge in [0, 0.05) is 24.9 Å². The number of nitro benzene ring substituents is 1. The van der Waals surface area contributed by atoms with Crippen LogP contribution in [-0.4, -0.2) is 35.8 Å². The van der Waals surface area contributed by atoms with Crippen LogP contribution in [0.3, 0.4) is 0 Å². The van der Waals surface area contributed by atoms with Crippen LogP contribution in [0.25, 0.3) is 0 Å². The van der Waals surface area contributed by atoms with Crippen molar-refractivity contribution in [3.63, 3.8) is 0 Å². The molecule has 6 heteroatoms. The molecule has 1 N–H and O–H groups in total. The SMILES string of the molecule is CCOc1cc(N(C)C(C)(C)CO)cc([N+](=O)[O-])c1. The van der Waals surface area contributed by atoms with Gasteiger partial charge in [0.25, 0.3) is 5.69 Å². The van der Waals surface area contributed by atoms with E-state index >= 15 is 0 Å². The molecule has 0 fully saturated rings. The highest BCUT2D eigenvalue weighted by Crippen LogP contribution is 2.31. The molecule has 0 atom stereocenters.